The third-order valence-corrected chi connectivity index (χ3v) is 3.56. The number of hydrogen-bond donors (Lipinski definition) is 0. The fourth-order valence-electron chi connectivity index (χ4n) is 2.32. The van der Waals surface area contributed by atoms with Crippen LogP contribution in [0.15, 0.2) is 60.7 Å². The Morgan fingerprint density at radius 3 is 2.62 bits per heavy atom. The number of halogens is 1. The first-order valence-electron chi connectivity index (χ1n) is 8.31. The SMILES string of the molecule is CCCOc1nc(-c2ccccc2F)n(C(=O)/C=C/c2ccccc2)n1. The van der Waals surface area contributed by atoms with Crippen molar-refractivity contribution in [3.05, 3.63) is 72.1 Å². The van der Waals surface area contributed by atoms with Crippen LogP contribution in [0.5, 0.6) is 6.01 Å². The molecule has 0 N–H and O–H groups in total. The van der Waals surface area contributed by atoms with Crippen LogP contribution in [0.1, 0.15) is 23.7 Å². The van der Waals surface area contributed by atoms with E-state index in [1.165, 1.54) is 12.1 Å². The minimum Gasteiger partial charge on any atom is -0.462 e. The predicted octanol–water partition coefficient (Wildman–Crippen LogP) is 4.23. The highest BCUT2D eigenvalue weighted by Gasteiger charge is 2.19. The average molecular weight is 351 g/mol. The fraction of sp³-hybridized carbons (Fsp3) is 0.150. The summed E-state index contributed by atoms with van der Waals surface area (Å²) in [7, 11) is 0. The Hall–Kier alpha value is -3.28. The molecule has 0 fully saturated rings. The molecule has 3 rings (SSSR count). The summed E-state index contributed by atoms with van der Waals surface area (Å²) in [6.45, 7) is 2.36. The first kappa shape index (κ1) is 17.5. The molecule has 0 aliphatic carbocycles. The van der Waals surface area contributed by atoms with Gasteiger partial charge in [0.15, 0.2) is 5.82 Å². The topological polar surface area (TPSA) is 57.0 Å². The summed E-state index contributed by atoms with van der Waals surface area (Å²) < 4.78 is 20.6. The highest BCUT2D eigenvalue weighted by Crippen LogP contribution is 2.23. The van der Waals surface area contributed by atoms with E-state index in [-0.39, 0.29) is 17.4 Å². The van der Waals surface area contributed by atoms with Gasteiger partial charge in [0.05, 0.1) is 12.2 Å². The number of benzene rings is 2. The molecule has 0 bridgehead atoms. The lowest BCUT2D eigenvalue weighted by Gasteiger charge is -2.02. The minimum absolute atomic E-state index is 0.0477. The molecule has 0 radical (unpaired) electrons. The summed E-state index contributed by atoms with van der Waals surface area (Å²) in [6, 6.07) is 15.5. The summed E-state index contributed by atoms with van der Waals surface area (Å²) in [5, 5.41) is 4.09. The van der Waals surface area contributed by atoms with Crippen LogP contribution in [0.2, 0.25) is 0 Å². The van der Waals surface area contributed by atoms with Crippen LogP contribution in [-0.2, 0) is 0 Å². The minimum atomic E-state index is -0.483. The van der Waals surface area contributed by atoms with E-state index in [1.807, 2.05) is 37.3 Å². The number of carbonyl (C=O) groups excluding carboxylic acids is 1. The monoisotopic (exact) mass is 351 g/mol. The van der Waals surface area contributed by atoms with E-state index >= 15 is 0 Å². The molecule has 1 aromatic heterocycles. The molecule has 3 aromatic rings. The van der Waals surface area contributed by atoms with Crippen molar-refractivity contribution in [3.63, 3.8) is 0 Å². The summed E-state index contributed by atoms with van der Waals surface area (Å²) in [6.07, 6.45) is 3.81. The maximum Gasteiger partial charge on any atom is 0.336 e. The lowest BCUT2D eigenvalue weighted by Crippen LogP contribution is -2.11. The standard InChI is InChI=1S/C20H18FN3O2/c1-2-14-26-20-22-19(16-10-6-7-11-17(16)21)24(23-20)18(25)13-12-15-8-4-3-5-9-15/h3-13H,2,14H2,1H3/b13-12+. The quantitative estimate of drug-likeness (QED) is 0.624. The zero-order chi connectivity index (χ0) is 18.4. The molecule has 6 heteroatoms. The van der Waals surface area contributed by atoms with Gasteiger partial charge in [0, 0.05) is 6.08 Å². The Morgan fingerprint density at radius 1 is 1.15 bits per heavy atom. The molecule has 0 aliphatic rings. The van der Waals surface area contributed by atoms with Crippen LogP contribution >= 0.6 is 0 Å². The van der Waals surface area contributed by atoms with Gasteiger partial charge in [0.25, 0.3) is 5.91 Å². The van der Waals surface area contributed by atoms with Crippen molar-refractivity contribution in [3.8, 4) is 17.4 Å². The second-order valence-electron chi connectivity index (χ2n) is 5.54. The van der Waals surface area contributed by atoms with Crippen LogP contribution in [0.4, 0.5) is 4.39 Å². The lowest BCUT2D eigenvalue weighted by atomic mass is 10.2. The first-order chi connectivity index (χ1) is 12.7. The van der Waals surface area contributed by atoms with Gasteiger partial charge in [-0.2, -0.15) is 9.67 Å². The molecular weight excluding hydrogens is 333 g/mol. The molecule has 0 spiro atoms. The molecule has 26 heavy (non-hydrogen) atoms. The molecular formula is C20H18FN3O2. The Bertz CT molecular complexity index is 920. The molecule has 0 unspecified atom stereocenters. The van der Waals surface area contributed by atoms with Crippen molar-refractivity contribution in [1.29, 1.82) is 0 Å². The van der Waals surface area contributed by atoms with E-state index in [1.54, 1.807) is 24.3 Å². The van der Waals surface area contributed by atoms with Gasteiger partial charge in [-0.1, -0.05) is 49.4 Å². The van der Waals surface area contributed by atoms with E-state index in [4.69, 9.17) is 4.74 Å². The maximum atomic E-state index is 14.2. The number of carbonyl (C=O) groups is 1. The van der Waals surface area contributed by atoms with Crippen LogP contribution in [0.25, 0.3) is 17.5 Å². The Kier molecular flexibility index (Phi) is 5.53. The number of rotatable bonds is 6. The highest BCUT2D eigenvalue weighted by molar-refractivity contribution is 5.95. The summed E-state index contributed by atoms with van der Waals surface area (Å²) in [4.78, 5) is 16.8. The smallest absolute Gasteiger partial charge is 0.336 e. The zero-order valence-electron chi connectivity index (χ0n) is 14.3. The van der Waals surface area contributed by atoms with Crippen LogP contribution in [0, 0.1) is 5.82 Å². The third kappa shape index (κ3) is 4.03. The van der Waals surface area contributed by atoms with E-state index < -0.39 is 11.7 Å². The summed E-state index contributed by atoms with van der Waals surface area (Å²) in [5.74, 6) is -0.814. The van der Waals surface area contributed by atoms with E-state index in [9.17, 15) is 9.18 Å². The van der Waals surface area contributed by atoms with Gasteiger partial charge in [-0.15, -0.1) is 5.10 Å². The first-order valence-corrected chi connectivity index (χ1v) is 8.31. The van der Waals surface area contributed by atoms with E-state index in [0.717, 1.165) is 16.7 Å². The highest BCUT2D eigenvalue weighted by atomic mass is 19.1. The second kappa shape index (κ2) is 8.20. The van der Waals surface area contributed by atoms with Gasteiger partial charge in [-0.25, -0.2) is 4.39 Å². The maximum absolute atomic E-state index is 14.2. The summed E-state index contributed by atoms with van der Waals surface area (Å²) in [5.41, 5.74) is 1.06. The molecule has 1 heterocycles. The van der Waals surface area contributed by atoms with Gasteiger partial charge in [-0.05, 0) is 30.2 Å². The van der Waals surface area contributed by atoms with Gasteiger partial charge in [0.2, 0.25) is 0 Å². The van der Waals surface area contributed by atoms with Crippen molar-refractivity contribution in [2.45, 2.75) is 13.3 Å². The molecule has 0 amide bonds. The number of aromatic nitrogens is 3. The van der Waals surface area contributed by atoms with Gasteiger partial charge >= 0.3 is 6.01 Å². The molecule has 0 aliphatic heterocycles. The van der Waals surface area contributed by atoms with Gasteiger partial charge < -0.3 is 4.74 Å². The van der Waals surface area contributed by atoms with Crippen molar-refractivity contribution in [2.24, 2.45) is 0 Å². The van der Waals surface area contributed by atoms with Crippen LogP contribution in [0.3, 0.4) is 0 Å². The zero-order valence-corrected chi connectivity index (χ0v) is 14.3. The van der Waals surface area contributed by atoms with Crippen molar-refractivity contribution in [2.75, 3.05) is 6.61 Å². The number of allylic oxidation sites excluding steroid dienone is 1. The van der Waals surface area contributed by atoms with Crippen LogP contribution < -0.4 is 4.74 Å². The molecule has 0 saturated heterocycles. The predicted molar refractivity (Wildman–Crippen MR) is 97.3 cm³/mol. The van der Waals surface area contributed by atoms with Crippen molar-refractivity contribution < 1.29 is 13.9 Å². The van der Waals surface area contributed by atoms with E-state index in [0.29, 0.717) is 6.61 Å². The molecule has 5 nitrogen and oxygen atoms in total. The average Bonchev–Trinajstić information content (AvgIpc) is 3.09. The number of ether oxygens (including phenoxy) is 1. The second-order valence-corrected chi connectivity index (χ2v) is 5.54. The third-order valence-electron chi connectivity index (χ3n) is 3.56. The fourth-order valence-corrected chi connectivity index (χ4v) is 2.32. The van der Waals surface area contributed by atoms with E-state index in [2.05, 4.69) is 10.1 Å². The molecule has 132 valence electrons. The summed E-state index contributed by atoms with van der Waals surface area (Å²) >= 11 is 0. The van der Waals surface area contributed by atoms with Crippen LogP contribution in [-0.4, -0.2) is 27.3 Å². The molecule has 0 saturated carbocycles. The number of hydrogen-bond acceptors (Lipinski definition) is 4. The molecule has 0 atom stereocenters. The largest absolute Gasteiger partial charge is 0.462 e. The van der Waals surface area contributed by atoms with Gasteiger partial charge in [-0.3, -0.25) is 4.79 Å². The number of nitrogens with zero attached hydrogens (tertiary/aromatic N) is 3. The normalized spacial score (nSPS) is 11.0. The Balaban J connectivity index is 1.96. The van der Waals surface area contributed by atoms with Crippen molar-refractivity contribution in [1.82, 2.24) is 14.8 Å². The van der Waals surface area contributed by atoms with Crippen molar-refractivity contribution >= 4 is 12.0 Å². The Labute approximate surface area is 150 Å². The Morgan fingerprint density at radius 2 is 1.88 bits per heavy atom. The lowest BCUT2D eigenvalue weighted by molar-refractivity contribution is 0.0954. The van der Waals surface area contributed by atoms with Gasteiger partial charge in [0.1, 0.15) is 5.82 Å². The molecule has 2 aromatic carbocycles.